The largest absolute Gasteiger partial charge is 0.384 e. The number of piperidine rings is 1. The quantitative estimate of drug-likeness (QED) is 0.466. The minimum Gasteiger partial charge on any atom is -0.384 e. The summed E-state index contributed by atoms with van der Waals surface area (Å²) < 4.78 is 21.6. The SMILES string of the molecule is COCC12CC(CN)=C(Nc3ccc(F)cc3)C=C1CCN(Sc1ccc(C(C)(C)C)cc1)C2. The second-order valence-electron chi connectivity index (χ2n) is 10.4. The molecule has 0 bridgehead atoms. The first-order valence-electron chi connectivity index (χ1n) is 11.9. The molecule has 1 aliphatic carbocycles. The van der Waals surface area contributed by atoms with Crippen LogP contribution in [0.2, 0.25) is 0 Å². The Morgan fingerprint density at radius 3 is 2.44 bits per heavy atom. The molecule has 0 amide bonds. The van der Waals surface area contributed by atoms with Gasteiger partial charge in [-0.05, 0) is 83.8 Å². The molecule has 0 saturated carbocycles. The van der Waals surface area contributed by atoms with Crippen molar-refractivity contribution in [1.82, 2.24) is 4.31 Å². The molecule has 1 atom stereocenters. The molecule has 2 aliphatic rings. The minimum atomic E-state index is -0.238. The topological polar surface area (TPSA) is 50.5 Å². The fourth-order valence-corrected chi connectivity index (χ4v) is 5.96. The summed E-state index contributed by atoms with van der Waals surface area (Å²) in [7, 11) is 1.78. The number of rotatable bonds is 7. The number of nitrogens with two attached hydrogens (primary N) is 1. The monoisotopic (exact) mass is 481 g/mol. The van der Waals surface area contributed by atoms with Crippen molar-refractivity contribution in [3.8, 4) is 0 Å². The second-order valence-corrected chi connectivity index (χ2v) is 11.6. The van der Waals surface area contributed by atoms with Gasteiger partial charge in [0, 0.05) is 48.4 Å². The molecule has 2 aromatic rings. The van der Waals surface area contributed by atoms with Crippen molar-refractivity contribution in [1.29, 1.82) is 0 Å². The number of fused-ring (bicyclic) bond motifs is 1. The van der Waals surface area contributed by atoms with Crippen molar-refractivity contribution in [2.75, 3.05) is 38.7 Å². The number of hydrogen-bond acceptors (Lipinski definition) is 5. The Balaban J connectivity index is 1.53. The predicted octanol–water partition coefficient (Wildman–Crippen LogP) is 6.12. The molecule has 1 aliphatic heterocycles. The molecule has 182 valence electrons. The maximum atomic E-state index is 13.3. The molecule has 3 N–H and O–H groups in total. The van der Waals surface area contributed by atoms with Crippen molar-refractivity contribution in [2.45, 2.75) is 43.9 Å². The van der Waals surface area contributed by atoms with E-state index in [4.69, 9.17) is 10.5 Å². The van der Waals surface area contributed by atoms with Gasteiger partial charge in [-0.2, -0.15) is 0 Å². The Bertz CT molecular complexity index is 1060. The molecule has 34 heavy (non-hydrogen) atoms. The molecule has 0 aromatic heterocycles. The first-order valence-corrected chi connectivity index (χ1v) is 12.7. The lowest BCUT2D eigenvalue weighted by atomic mass is 9.69. The summed E-state index contributed by atoms with van der Waals surface area (Å²) in [5.74, 6) is -0.238. The normalized spacial score (nSPS) is 21.3. The van der Waals surface area contributed by atoms with Crippen LogP contribution < -0.4 is 11.1 Å². The van der Waals surface area contributed by atoms with E-state index in [1.807, 2.05) is 11.9 Å². The van der Waals surface area contributed by atoms with Gasteiger partial charge < -0.3 is 15.8 Å². The van der Waals surface area contributed by atoms with E-state index in [0.717, 1.165) is 37.3 Å². The van der Waals surface area contributed by atoms with Crippen LogP contribution in [-0.2, 0) is 10.2 Å². The van der Waals surface area contributed by atoms with Gasteiger partial charge in [0.1, 0.15) is 5.82 Å². The zero-order valence-electron chi connectivity index (χ0n) is 20.7. The van der Waals surface area contributed by atoms with E-state index in [2.05, 4.69) is 60.7 Å². The van der Waals surface area contributed by atoms with E-state index in [0.29, 0.717) is 13.2 Å². The molecule has 2 aromatic carbocycles. The zero-order valence-corrected chi connectivity index (χ0v) is 21.5. The number of allylic oxidation sites excluding steroid dienone is 1. The summed E-state index contributed by atoms with van der Waals surface area (Å²) in [6.07, 6.45) is 4.09. The van der Waals surface area contributed by atoms with E-state index in [1.54, 1.807) is 19.2 Å². The number of nitrogens with zero attached hydrogens (tertiary/aromatic N) is 1. The van der Waals surface area contributed by atoms with Gasteiger partial charge in [0.25, 0.3) is 0 Å². The first-order chi connectivity index (χ1) is 16.2. The third-order valence-corrected chi connectivity index (χ3v) is 7.84. The number of nitrogens with one attached hydrogen (secondary N) is 1. The van der Waals surface area contributed by atoms with E-state index >= 15 is 0 Å². The Labute approximate surface area is 207 Å². The molecule has 1 fully saturated rings. The van der Waals surface area contributed by atoms with E-state index in [1.165, 1.54) is 33.7 Å². The van der Waals surface area contributed by atoms with Gasteiger partial charge in [0.15, 0.2) is 0 Å². The molecule has 0 radical (unpaired) electrons. The lowest BCUT2D eigenvalue weighted by Gasteiger charge is -2.46. The Morgan fingerprint density at radius 1 is 1.12 bits per heavy atom. The maximum Gasteiger partial charge on any atom is 0.123 e. The molecular formula is C28H36FN3OS. The van der Waals surface area contributed by atoms with Crippen LogP contribution in [0.1, 0.15) is 39.2 Å². The van der Waals surface area contributed by atoms with Crippen LogP contribution in [-0.4, -0.2) is 37.7 Å². The molecule has 4 rings (SSSR count). The summed E-state index contributed by atoms with van der Waals surface area (Å²) in [6.45, 7) is 9.75. The maximum absolute atomic E-state index is 13.3. The zero-order chi connectivity index (χ0) is 24.3. The van der Waals surface area contributed by atoms with Gasteiger partial charge in [-0.25, -0.2) is 8.70 Å². The minimum absolute atomic E-state index is 0.0893. The van der Waals surface area contributed by atoms with Gasteiger partial charge in [0.05, 0.1) is 6.61 Å². The fourth-order valence-electron chi connectivity index (χ4n) is 4.91. The highest BCUT2D eigenvalue weighted by Gasteiger charge is 2.43. The number of halogens is 1. The van der Waals surface area contributed by atoms with E-state index < -0.39 is 0 Å². The van der Waals surface area contributed by atoms with Crippen LogP contribution in [0.3, 0.4) is 0 Å². The van der Waals surface area contributed by atoms with E-state index in [9.17, 15) is 4.39 Å². The van der Waals surface area contributed by atoms with Crippen LogP contribution >= 0.6 is 11.9 Å². The lowest BCUT2D eigenvalue weighted by molar-refractivity contribution is 0.0744. The summed E-state index contributed by atoms with van der Waals surface area (Å²) in [5.41, 5.74) is 12.1. The third kappa shape index (κ3) is 5.57. The average molecular weight is 482 g/mol. The smallest absolute Gasteiger partial charge is 0.123 e. The molecule has 4 nitrogen and oxygen atoms in total. The van der Waals surface area contributed by atoms with Crippen LogP contribution in [0.5, 0.6) is 0 Å². The Morgan fingerprint density at radius 2 is 1.82 bits per heavy atom. The second kappa shape index (κ2) is 10.2. The van der Waals surface area contributed by atoms with Crippen molar-refractivity contribution >= 4 is 17.6 Å². The summed E-state index contributed by atoms with van der Waals surface area (Å²) in [4.78, 5) is 1.26. The number of hydrogen-bond donors (Lipinski definition) is 2. The van der Waals surface area contributed by atoms with Crippen molar-refractivity contribution < 1.29 is 9.13 Å². The van der Waals surface area contributed by atoms with E-state index in [-0.39, 0.29) is 16.6 Å². The van der Waals surface area contributed by atoms with Crippen molar-refractivity contribution in [2.24, 2.45) is 11.1 Å². The predicted molar refractivity (Wildman–Crippen MR) is 140 cm³/mol. The number of ether oxygens (including phenoxy) is 1. The third-order valence-electron chi connectivity index (χ3n) is 6.79. The van der Waals surface area contributed by atoms with Crippen molar-refractivity contribution in [3.63, 3.8) is 0 Å². The lowest BCUT2D eigenvalue weighted by Crippen LogP contribution is -2.46. The summed E-state index contributed by atoms with van der Waals surface area (Å²) >= 11 is 1.83. The highest BCUT2D eigenvalue weighted by Crippen LogP contribution is 2.47. The molecular weight excluding hydrogens is 445 g/mol. The molecule has 1 unspecified atom stereocenters. The van der Waals surface area contributed by atoms with Gasteiger partial charge in [-0.1, -0.05) is 38.5 Å². The van der Waals surface area contributed by atoms with Crippen LogP contribution in [0.4, 0.5) is 10.1 Å². The number of anilines is 1. The molecule has 6 heteroatoms. The van der Waals surface area contributed by atoms with Gasteiger partial charge >= 0.3 is 0 Å². The summed E-state index contributed by atoms with van der Waals surface area (Å²) in [6, 6.07) is 15.4. The average Bonchev–Trinajstić information content (AvgIpc) is 2.80. The van der Waals surface area contributed by atoms with Gasteiger partial charge in [-0.3, -0.25) is 0 Å². The van der Waals surface area contributed by atoms with Crippen LogP contribution in [0, 0.1) is 11.2 Å². The van der Waals surface area contributed by atoms with Gasteiger partial charge in [-0.15, -0.1) is 0 Å². The summed E-state index contributed by atoms with van der Waals surface area (Å²) in [5, 5.41) is 3.47. The molecule has 1 heterocycles. The fraction of sp³-hybridized carbons (Fsp3) is 0.429. The molecule has 1 saturated heterocycles. The first kappa shape index (κ1) is 25.0. The molecule has 0 spiro atoms. The van der Waals surface area contributed by atoms with Crippen LogP contribution in [0.15, 0.2) is 76.3 Å². The standard InChI is InChI=1S/C28H36FN3OS/c1-27(2,3)21-5-11-25(12-6-21)34-32-14-13-22-15-26(31-24-9-7-23(29)8-10-24)20(17-30)16-28(22,18-32)19-33-4/h5-12,15,31H,13-14,16-19,30H2,1-4H3. The number of benzene rings is 2. The number of methoxy groups -OCH3 is 1. The highest BCUT2D eigenvalue weighted by molar-refractivity contribution is 7.97. The Hall–Kier alpha value is -2.12. The van der Waals surface area contributed by atoms with Crippen molar-refractivity contribution in [3.05, 3.63) is 82.8 Å². The Kier molecular flexibility index (Phi) is 7.53. The van der Waals surface area contributed by atoms with Gasteiger partial charge in [0.2, 0.25) is 0 Å². The highest BCUT2D eigenvalue weighted by atomic mass is 32.2. The van der Waals surface area contributed by atoms with Crippen LogP contribution in [0.25, 0.3) is 0 Å².